The van der Waals surface area contributed by atoms with Crippen LogP contribution in [-0.2, 0) is 23.9 Å². The minimum absolute atomic E-state index is 0.196. The molecule has 156 valence electrons. The van der Waals surface area contributed by atoms with E-state index in [0.29, 0.717) is 24.5 Å². The van der Waals surface area contributed by atoms with Crippen LogP contribution < -0.4 is 10.1 Å². The minimum Gasteiger partial charge on any atom is -0.482 e. The normalized spacial score (nSPS) is 15.0. The molecule has 29 heavy (non-hydrogen) atoms. The van der Waals surface area contributed by atoms with E-state index in [1.54, 1.807) is 37.3 Å². The second-order valence-electron chi connectivity index (χ2n) is 5.77. The molecule has 0 saturated carbocycles. The fourth-order valence-electron chi connectivity index (χ4n) is 2.28. The van der Waals surface area contributed by atoms with E-state index in [4.69, 9.17) is 14.2 Å². The highest BCUT2D eigenvalue weighted by molar-refractivity contribution is 8.18. The highest BCUT2D eigenvalue weighted by Crippen LogP contribution is 2.32. The second kappa shape index (κ2) is 11.2. The predicted molar refractivity (Wildman–Crippen MR) is 106 cm³/mol. The van der Waals surface area contributed by atoms with Gasteiger partial charge in [-0.1, -0.05) is 12.1 Å². The molecule has 0 bridgehead atoms. The van der Waals surface area contributed by atoms with Crippen molar-refractivity contribution < 1.29 is 33.4 Å². The highest BCUT2D eigenvalue weighted by Gasteiger charge is 2.36. The van der Waals surface area contributed by atoms with E-state index >= 15 is 0 Å². The number of hydrogen-bond donors (Lipinski definition) is 1. The first-order valence-electron chi connectivity index (χ1n) is 8.84. The van der Waals surface area contributed by atoms with Crippen LogP contribution in [0, 0.1) is 0 Å². The quantitative estimate of drug-likeness (QED) is 0.342. The standard InChI is InChI=1S/C19H22N2O7S/c1-3-27-17(23)12-28-14-6-4-13(5-7-14)10-15-18(24)21(19(25)29-15)11-16(22)20-8-9-26-2/h4-7,10H,3,8-9,11-12H2,1-2H3,(H,20,22)/b15-10-. The van der Waals surface area contributed by atoms with Gasteiger partial charge in [-0.25, -0.2) is 4.79 Å². The summed E-state index contributed by atoms with van der Waals surface area (Å²) in [4.78, 5) is 48.7. The SMILES string of the molecule is CCOC(=O)COc1ccc(/C=C2\SC(=O)N(CC(=O)NCCOC)C2=O)cc1. The number of benzene rings is 1. The van der Waals surface area contributed by atoms with Gasteiger partial charge >= 0.3 is 5.97 Å². The van der Waals surface area contributed by atoms with Crippen molar-refractivity contribution in [3.05, 3.63) is 34.7 Å². The van der Waals surface area contributed by atoms with Crippen molar-refractivity contribution in [2.24, 2.45) is 0 Å². The third kappa shape index (κ3) is 6.91. The number of ether oxygens (including phenoxy) is 3. The van der Waals surface area contributed by atoms with Gasteiger partial charge in [0.1, 0.15) is 12.3 Å². The van der Waals surface area contributed by atoms with E-state index in [1.807, 2.05) is 0 Å². The third-order valence-corrected chi connectivity index (χ3v) is 4.55. The van der Waals surface area contributed by atoms with Gasteiger partial charge in [-0.3, -0.25) is 19.3 Å². The summed E-state index contributed by atoms with van der Waals surface area (Å²) in [5, 5.41) is 2.06. The number of imide groups is 1. The third-order valence-electron chi connectivity index (χ3n) is 3.64. The molecule has 1 aromatic rings. The van der Waals surface area contributed by atoms with E-state index in [2.05, 4.69) is 5.32 Å². The Bertz CT molecular complexity index is 792. The van der Waals surface area contributed by atoms with Gasteiger partial charge in [-0.15, -0.1) is 0 Å². The van der Waals surface area contributed by atoms with Crippen LogP contribution in [0.4, 0.5) is 4.79 Å². The number of hydrogen-bond acceptors (Lipinski definition) is 8. The van der Waals surface area contributed by atoms with Gasteiger partial charge in [0.25, 0.3) is 11.1 Å². The predicted octanol–water partition coefficient (Wildman–Crippen LogP) is 1.43. The van der Waals surface area contributed by atoms with E-state index in [1.165, 1.54) is 7.11 Å². The summed E-state index contributed by atoms with van der Waals surface area (Å²) in [7, 11) is 1.51. The summed E-state index contributed by atoms with van der Waals surface area (Å²) in [6, 6.07) is 6.65. The van der Waals surface area contributed by atoms with Crippen LogP contribution in [0.5, 0.6) is 5.75 Å². The molecule has 1 N–H and O–H groups in total. The van der Waals surface area contributed by atoms with Crippen LogP contribution in [0.15, 0.2) is 29.2 Å². The van der Waals surface area contributed by atoms with Crippen LogP contribution in [0.2, 0.25) is 0 Å². The molecule has 1 aromatic carbocycles. The lowest BCUT2D eigenvalue weighted by atomic mass is 10.2. The van der Waals surface area contributed by atoms with Crippen molar-refractivity contribution in [3.8, 4) is 5.75 Å². The first-order chi connectivity index (χ1) is 13.9. The number of carbonyl (C=O) groups excluding carboxylic acids is 4. The molecule has 0 atom stereocenters. The van der Waals surface area contributed by atoms with Crippen LogP contribution >= 0.6 is 11.8 Å². The number of methoxy groups -OCH3 is 1. The number of nitrogens with one attached hydrogen (secondary N) is 1. The van der Waals surface area contributed by atoms with Crippen molar-refractivity contribution in [1.29, 1.82) is 0 Å². The molecule has 0 aromatic heterocycles. The van der Waals surface area contributed by atoms with Gasteiger partial charge < -0.3 is 19.5 Å². The van der Waals surface area contributed by atoms with Crippen LogP contribution in [-0.4, -0.2) is 67.9 Å². The summed E-state index contributed by atoms with van der Waals surface area (Å²) in [6.07, 6.45) is 1.56. The van der Waals surface area contributed by atoms with Crippen molar-refractivity contribution in [1.82, 2.24) is 10.2 Å². The lowest BCUT2D eigenvalue weighted by Gasteiger charge is -2.12. The number of nitrogens with zero attached hydrogens (tertiary/aromatic N) is 1. The molecule has 0 unspecified atom stereocenters. The maximum absolute atomic E-state index is 12.4. The Hall–Kier alpha value is -2.85. The van der Waals surface area contributed by atoms with Crippen molar-refractivity contribution in [3.63, 3.8) is 0 Å². The average Bonchev–Trinajstić information content (AvgIpc) is 2.95. The smallest absolute Gasteiger partial charge is 0.344 e. The molecule has 1 aliphatic rings. The Morgan fingerprint density at radius 3 is 2.59 bits per heavy atom. The van der Waals surface area contributed by atoms with Crippen LogP contribution in [0.3, 0.4) is 0 Å². The minimum atomic E-state index is -0.524. The lowest BCUT2D eigenvalue weighted by molar-refractivity contribution is -0.145. The number of carbonyl (C=O) groups is 4. The Labute approximate surface area is 172 Å². The maximum atomic E-state index is 12.4. The van der Waals surface area contributed by atoms with Crippen LogP contribution in [0.25, 0.3) is 6.08 Å². The monoisotopic (exact) mass is 422 g/mol. The maximum Gasteiger partial charge on any atom is 0.344 e. The van der Waals surface area contributed by atoms with Gasteiger partial charge in [0, 0.05) is 13.7 Å². The number of amides is 3. The van der Waals surface area contributed by atoms with Crippen molar-refractivity contribution >= 4 is 40.9 Å². The average molecular weight is 422 g/mol. The van der Waals surface area contributed by atoms with E-state index < -0.39 is 23.0 Å². The summed E-state index contributed by atoms with van der Waals surface area (Å²) in [5.74, 6) is -0.953. The Kier molecular flexibility index (Phi) is 8.68. The molecule has 1 fully saturated rings. The van der Waals surface area contributed by atoms with E-state index in [0.717, 1.165) is 16.7 Å². The molecular formula is C19H22N2O7S. The number of rotatable bonds is 10. The van der Waals surface area contributed by atoms with Gasteiger partial charge in [-0.2, -0.15) is 0 Å². The van der Waals surface area contributed by atoms with E-state index in [-0.39, 0.29) is 24.7 Å². The summed E-state index contributed by atoms with van der Waals surface area (Å²) in [5.41, 5.74) is 0.670. The molecule has 9 nitrogen and oxygen atoms in total. The summed E-state index contributed by atoms with van der Waals surface area (Å²) >= 11 is 0.772. The summed E-state index contributed by atoms with van der Waals surface area (Å²) in [6.45, 7) is 2.09. The van der Waals surface area contributed by atoms with Gasteiger partial charge in [0.05, 0.1) is 18.1 Å². The van der Waals surface area contributed by atoms with Gasteiger partial charge in [-0.05, 0) is 42.5 Å². The second-order valence-corrected chi connectivity index (χ2v) is 6.77. The summed E-state index contributed by atoms with van der Waals surface area (Å²) < 4.78 is 14.9. The number of thioether (sulfide) groups is 1. The lowest BCUT2D eigenvalue weighted by Crippen LogP contribution is -2.40. The zero-order chi connectivity index (χ0) is 21.2. The molecule has 0 aliphatic carbocycles. The topological polar surface area (TPSA) is 111 Å². The molecule has 10 heteroatoms. The molecule has 1 heterocycles. The zero-order valence-electron chi connectivity index (χ0n) is 16.1. The highest BCUT2D eigenvalue weighted by atomic mass is 32.2. The first kappa shape index (κ1) is 22.4. The van der Waals surface area contributed by atoms with Gasteiger partial charge in [0.2, 0.25) is 5.91 Å². The molecule has 1 saturated heterocycles. The van der Waals surface area contributed by atoms with Crippen LogP contribution in [0.1, 0.15) is 12.5 Å². The van der Waals surface area contributed by atoms with Gasteiger partial charge in [0.15, 0.2) is 6.61 Å². The largest absolute Gasteiger partial charge is 0.482 e. The Morgan fingerprint density at radius 2 is 1.93 bits per heavy atom. The molecule has 0 radical (unpaired) electrons. The fourth-order valence-corrected chi connectivity index (χ4v) is 3.12. The van der Waals surface area contributed by atoms with Crippen molar-refractivity contribution in [2.45, 2.75) is 6.92 Å². The first-order valence-corrected chi connectivity index (χ1v) is 9.65. The molecule has 3 amide bonds. The van der Waals surface area contributed by atoms with E-state index in [9.17, 15) is 19.2 Å². The molecular weight excluding hydrogens is 400 g/mol. The Morgan fingerprint density at radius 1 is 1.21 bits per heavy atom. The fraction of sp³-hybridized carbons (Fsp3) is 0.368. The van der Waals surface area contributed by atoms with Crippen molar-refractivity contribution in [2.75, 3.05) is 40.0 Å². The number of esters is 1. The molecule has 0 spiro atoms. The Balaban J connectivity index is 1.94. The molecule has 1 aliphatic heterocycles. The molecule has 2 rings (SSSR count). The zero-order valence-corrected chi connectivity index (χ0v) is 17.0.